The lowest BCUT2D eigenvalue weighted by molar-refractivity contribution is 1.16. The zero-order valence-electron chi connectivity index (χ0n) is 24.9. The third-order valence-corrected chi connectivity index (χ3v) is 8.86. The molecule has 0 atom stereocenters. The zero-order valence-corrected chi connectivity index (χ0v) is 24.9. The van der Waals surface area contributed by atoms with Crippen LogP contribution in [0.1, 0.15) is 18.6 Å². The maximum Gasteiger partial charge on any atom is 0.0709 e. The molecule has 0 unspecified atom stereocenters. The molecule has 0 N–H and O–H groups in total. The first-order valence-electron chi connectivity index (χ1n) is 15.2. The molecule has 2 nitrogen and oxygen atoms in total. The summed E-state index contributed by atoms with van der Waals surface area (Å²) in [6.45, 7) is 4.42. The van der Waals surface area contributed by atoms with Crippen LogP contribution < -0.4 is 9.80 Å². The number of fused-ring (bicyclic) bond motifs is 3. The summed E-state index contributed by atoms with van der Waals surface area (Å²) in [4.78, 5) is 4.88. The van der Waals surface area contributed by atoms with Gasteiger partial charge in [-0.15, -0.1) is 0 Å². The smallest absolute Gasteiger partial charge is 0.0709 e. The van der Waals surface area contributed by atoms with Gasteiger partial charge in [0.1, 0.15) is 0 Å². The molecule has 0 bridgehead atoms. The van der Waals surface area contributed by atoms with Gasteiger partial charge in [-0.05, 0) is 107 Å². The SMILES string of the molecule is C.Cc1cc2c(cc1C)N(c1ccc(-c3ccccc3)cc1)c1cc3ccccc3cc1N2c1ccc(-c2ccccc2)cc1. The summed E-state index contributed by atoms with van der Waals surface area (Å²) in [7, 11) is 0. The van der Waals surface area contributed by atoms with Crippen LogP contribution in [0.15, 0.2) is 158 Å². The summed E-state index contributed by atoms with van der Waals surface area (Å²) >= 11 is 0. The minimum Gasteiger partial charge on any atom is -0.306 e. The second kappa shape index (κ2) is 11.5. The minimum atomic E-state index is 0. The fourth-order valence-electron chi connectivity index (χ4n) is 6.40. The van der Waals surface area contributed by atoms with Crippen molar-refractivity contribution in [1.82, 2.24) is 0 Å². The summed E-state index contributed by atoms with van der Waals surface area (Å²) < 4.78 is 0. The third-order valence-electron chi connectivity index (χ3n) is 8.86. The third kappa shape index (κ3) is 4.95. The summed E-state index contributed by atoms with van der Waals surface area (Å²) in [5.41, 5.74) is 14.4. The number of hydrogen-bond donors (Lipinski definition) is 0. The molecule has 0 spiro atoms. The Balaban J connectivity index is 0.00000325. The Bertz CT molecular complexity index is 1960. The second-order valence-corrected chi connectivity index (χ2v) is 11.6. The molecule has 7 aromatic rings. The van der Waals surface area contributed by atoms with E-state index in [0.717, 1.165) is 11.4 Å². The van der Waals surface area contributed by atoms with Gasteiger partial charge in [-0.2, -0.15) is 0 Å². The Morgan fingerprint density at radius 3 is 1.02 bits per heavy atom. The van der Waals surface area contributed by atoms with Crippen LogP contribution in [0.5, 0.6) is 0 Å². The van der Waals surface area contributed by atoms with Crippen molar-refractivity contribution in [3.63, 3.8) is 0 Å². The standard InChI is InChI=1S/C42H32N2.CH4/c1-29-25-39-40(26-30(29)2)44(38-23-19-34(20-24-38)32-13-7-4-8-14-32)42-28-36-16-10-9-15-35(36)27-41(42)43(39)37-21-17-33(18-22-37)31-11-5-3-6-12-31;/h3-28H,1-2H3;1H4. The molecule has 218 valence electrons. The van der Waals surface area contributed by atoms with Crippen LogP contribution in [-0.2, 0) is 0 Å². The summed E-state index contributed by atoms with van der Waals surface area (Å²) in [5, 5.41) is 2.45. The van der Waals surface area contributed by atoms with Crippen LogP contribution in [0.3, 0.4) is 0 Å². The van der Waals surface area contributed by atoms with Crippen LogP contribution >= 0.6 is 0 Å². The van der Waals surface area contributed by atoms with E-state index in [0.29, 0.717) is 0 Å². The monoisotopic (exact) mass is 580 g/mol. The van der Waals surface area contributed by atoms with Gasteiger partial charge in [0, 0.05) is 11.4 Å². The van der Waals surface area contributed by atoms with E-state index < -0.39 is 0 Å². The Kier molecular flexibility index (Phi) is 7.19. The van der Waals surface area contributed by atoms with Crippen LogP contribution in [0.2, 0.25) is 0 Å². The minimum absolute atomic E-state index is 0. The van der Waals surface area contributed by atoms with Crippen LogP contribution in [0.4, 0.5) is 34.1 Å². The Labute approximate surface area is 266 Å². The van der Waals surface area contributed by atoms with Gasteiger partial charge in [0.25, 0.3) is 0 Å². The van der Waals surface area contributed by atoms with E-state index in [1.807, 2.05) is 0 Å². The van der Waals surface area contributed by atoms with Crippen molar-refractivity contribution in [3.05, 3.63) is 169 Å². The maximum atomic E-state index is 2.44. The molecular formula is C43H36N2. The van der Waals surface area contributed by atoms with Gasteiger partial charge in [0.2, 0.25) is 0 Å². The van der Waals surface area contributed by atoms with Crippen molar-refractivity contribution in [3.8, 4) is 22.3 Å². The largest absolute Gasteiger partial charge is 0.306 e. The molecule has 0 fully saturated rings. The summed E-state index contributed by atoms with van der Waals surface area (Å²) in [6.07, 6.45) is 0. The lowest BCUT2D eigenvalue weighted by Crippen LogP contribution is -2.24. The van der Waals surface area contributed by atoms with E-state index in [1.54, 1.807) is 0 Å². The van der Waals surface area contributed by atoms with E-state index in [1.165, 1.54) is 66.9 Å². The molecule has 0 amide bonds. The van der Waals surface area contributed by atoms with Crippen molar-refractivity contribution in [2.75, 3.05) is 9.80 Å². The normalized spacial score (nSPS) is 12.0. The van der Waals surface area contributed by atoms with Crippen LogP contribution in [0, 0.1) is 13.8 Å². The highest BCUT2D eigenvalue weighted by molar-refractivity contribution is 6.06. The zero-order chi connectivity index (χ0) is 29.6. The van der Waals surface area contributed by atoms with Gasteiger partial charge in [-0.25, -0.2) is 0 Å². The van der Waals surface area contributed by atoms with Crippen molar-refractivity contribution >= 4 is 44.9 Å². The molecule has 8 rings (SSSR count). The molecule has 0 saturated heterocycles. The highest BCUT2D eigenvalue weighted by atomic mass is 15.3. The first-order valence-corrected chi connectivity index (χ1v) is 15.2. The van der Waals surface area contributed by atoms with Gasteiger partial charge in [0.15, 0.2) is 0 Å². The maximum absolute atomic E-state index is 2.44. The molecule has 2 heteroatoms. The van der Waals surface area contributed by atoms with E-state index in [9.17, 15) is 0 Å². The highest BCUT2D eigenvalue weighted by Gasteiger charge is 2.31. The number of nitrogens with zero attached hydrogens (tertiary/aromatic N) is 2. The van der Waals surface area contributed by atoms with Crippen LogP contribution in [-0.4, -0.2) is 0 Å². The van der Waals surface area contributed by atoms with Gasteiger partial charge < -0.3 is 9.80 Å². The number of anilines is 6. The van der Waals surface area contributed by atoms with Crippen LogP contribution in [0.25, 0.3) is 33.0 Å². The van der Waals surface area contributed by atoms with E-state index in [2.05, 4.69) is 181 Å². The van der Waals surface area contributed by atoms with Gasteiger partial charge in [-0.1, -0.05) is 117 Å². The Morgan fingerprint density at radius 1 is 0.333 bits per heavy atom. The lowest BCUT2D eigenvalue weighted by Gasteiger charge is -2.41. The first-order chi connectivity index (χ1) is 21.6. The Morgan fingerprint density at radius 2 is 0.644 bits per heavy atom. The van der Waals surface area contributed by atoms with Gasteiger partial charge in [0.05, 0.1) is 22.7 Å². The average molecular weight is 581 g/mol. The molecule has 1 aliphatic heterocycles. The predicted molar refractivity (Wildman–Crippen MR) is 194 cm³/mol. The molecule has 1 heterocycles. The summed E-state index contributed by atoms with van der Waals surface area (Å²) in [6, 6.07) is 57.2. The molecular weight excluding hydrogens is 544 g/mol. The molecule has 45 heavy (non-hydrogen) atoms. The summed E-state index contributed by atoms with van der Waals surface area (Å²) in [5.74, 6) is 0. The van der Waals surface area contributed by atoms with Crippen molar-refractivity contribution in [2.24, 2.45) is 0 Å². The van der Waals surface area contributed by atoms with Crippen molar-refractivity contribution < 1.29 is 0 Å². The molecule has 0 aromatic heterocycles. The lowest BCUT2D eigenvalue weighted by atomic mass is 9.97. The fourth-order valence-corrected chi connectivity index (χ4v) is 6.40. The molecule has 7 aromatic carbocycles. The molecule has 0 radical (unpaired) electrons. The fraction of sp³-hybridized carbons (Fsp3) is 0.0698. The number of rotatable bonds is 4. The number of aryl methyl sites for hydroxylation is 2. The number of hydrogen-bond acceptors (Lipinski definition) is 2. The Hall–Kier alpha value is -5.60. The second-order valence-electron chi connectivity index (χ2n) is 11.6. The topological polar surface area (TPSA) is 6.48 Å². The highest BCUT2D eigenvalue weighted by Crippen LogP contribution is 2.55. The average Bonchev–Trinajstić information content (AvgIpc) is 3.08. The van der Waals surface area contributed by atoms with Crippen molar-refractivity contribution in [1.29, 1.82) is 0 Å². The van der Waals surface area contributed by atoms with Gasteiger partial charge >= 0.3 is 0 Å². The van der Waals surface area contributed by atoms with E-state index in [4.69, 9.17) is 0 Å². The predicted octanol–water partition coefficient (Wildman–Crippen LogP) is 12.7. The van der Waals surface area contributed by atoms with E-state index in [-0.39, 0.29) is 7.43 Å². The molecule has 0 saturated carbocycles. The molecule has 1 aliphatic rings. The number of benzene rings is 7. The van der Waals surface area contributed by atoms with E-state index >= 15 is 0 Å². The quantitative estimate of drug-likeness (QED) is 0.204. The van der Waals surface area contributed by atoms with Gasteiger partial charge in [-0.3, -0.25) is 0 Å². The molecule has 0 aliphatic carbocycles. The first kappa shape index (κ1) is 28.2. The van der Waals surface area contributed by atoms with Crippen molar-refractivity contribution in [2.45, 2.75) is 21.3 Å².